The number of rotatable bonds is 8. The van der Waals surface area contributed by atoms with Gasteiger partial charge in [0.05, 0.1) is 30.6 Å². The number of hydrogen-bond acceptors (Lipinski definition) is 7. The summed E-state index contributed by atoms with van der Waals surface area (Å²) in [6.45, 7) is 1.56. The first-order valence-electron chi connectivity index (χ1n) is 7.74. The van der Waals surface area contributed by atoms with E-state index in [0.29, 0.717) is 0 Å². The van der Waals surface area contributed by atoms with Gasteiger partial charge in [-0.15, -0.1) is 0 Å². The van der Waals surface area contributed by atoms with Gasteiger partial charge in [-0.1, -0.05) is 12.1 Å². The van der Waals surface area contributed by atoms with Crippen LogP contribution >= 0.6 is 0 Å². The van der Waals surface area contributed by atoms with Crippen molar-refractivity contribution in [1.29, 1.82) is 0 Å². The van der Waals surface area contributed by atoms with Gasteiger partial charge >= 0.3 is 5.97 Å². The lowest BCUT2D eigenvalue weighted by Gasteiger charge is -2.24. The molecule has 1 aliphatic heterocycles. The average Bonchev–Trinajstić information content (AvgIpc) is 2.79. The predicted molar refractivity (Wildman–Crippen MR) is 87.4 cm³/mol. The standard InChI is InChI=1S/C16H19NO7S/c1-3-23-16(20)13(9-6-10-24-25(2,21)22)17-14(18)11-7-4-5-8-12(11)15(17)19/h4-5,7-8,13H,3,6,9-10H2,1-2H3/t13-/m0/s1. The van der Waals surface area contributed by atoms with Crippen molar-refractivity contribution in [3.05, 3.63) is 35.4 Å². The number of fused-ring (bicyclic) bond motifs is 1. The fraction of sp³-hybridized carbons (Fsp3) is 0.438. The van der Waals surface area contributed by atoms with E-state index in [2.05, 4.69) is 4.18 Å². The van der Waals surface area contributed by atoms with E-state index in [4.69, 9.17) is 4.74 Å². The van der Waals surface area contributed by atoms with Crippen molar-refractivity contribution in [2.75, 3.05) is 19.5 Å². The molecule has 0 fully saturated rings. The van der Waals surface area contributed by atoms with E-state index in [9.17, 15) is 22.8 Å². The molecule has 25 heavy (non-hydrogen) atoms. The molecule has 1 aliphatic rings. The van der Waals surface area contributed by atoms with E-state index in [-0.39, 0.29) is 37.2 Å². The summed E-state index contributed by atoms with van der Waals surface area (Å²) in [6, 6.07) is 5.17. The molecule has 0 unspecified atom stereocenters. The summed E-state index contributed by atoms with van der Waals surface area (Å²) in [5, 5.41) is 0. The molecule has 1 heterocycles. The highest BCUT2D eigenvalue weighted by Crippen LogP contribution is 2.26. The molecule has 0 radical (unpaired) electrons. The van der Waals surface area contributed by atoms with Gasteiger partial charge in [0.1, 0.15) is 6.04 Å². The Bertz CT molecular complexity index is 752. The number of benzene rings is 1. The van der Waals surface area contributed by atoms with Gasteiger partial charge in [-0.25, -0.2) is 4.79 Å². The molecule has 0 saturated carbocycles. The predicted octanol–water partition coefficient (Wildman–Crippen LogP) is 0.971. The number of esters is 1. The molecule has 0 N–H and O–H groups in total. The quantitative estimate of drug-likeness (QED) is 0.291. The molecule has 0 saturated heterocycles. The number of carbonyl (C=O) groups is 3. The van der Waals surface area contributed by atoms with E-state index < -0.39 is 33.9 Å². The van der Waals surface area contributed by atoms with Crippen molar-refractivity contribution in [3.8, 4) is 0 Å². The first kappa shape index (κ1) is 19.1. The molecule has 1 aromatic carbocycles. The monoisotopic (exact) mass is 369 g/mol. The summed E-state index contributed by atoms with van der Waals surface area (Å²) in [7, 11) is -3.60. The van der Waals surface area contributed by atoms with E-state index in [1.165, 1.54) is 12.1 Å². The van der Waals surface area contributed by atoms with Crippen LogP contribution in [-0.2, 0) is 23.8 Å². The zero-order valence-electron chi connectivity index (χ0n) is 13.9. The van der Waals surface area contributed by atoms with Crippen molar-refractivity contribution in [1.82, 2.24) is 4.90 Å². The first-order chi connectivity index (χ1) is 11.8. The second-order valence-electron chi connectivity index (χ2n) is 5.46. The van der Waals surface area contributed by atoms with Gasteiger partial charge in [0.25, 0.3) is 21.9 Å². The van der Waals surface area contributed by atoms with Crippen molar-refractivity contribution in [2.45, 2.75) is 25.8 Å². The highest BCUT2D eigenvalue weighted by atomic mass is 32.2. The summed E-state index contributed by atoms with van der Waals surface area (Å²) >= 11 is 0. The zero-order chi connectivity index (χ0) is 18.6. The number of amides is 2. The smallest absolute Gasteiger partial charge is 0.329 e. The van der Waals surface area contributed by atoms with Gasteiger partial charge in [-0.3, -0.25) is 18.7 Å². The maximum absolute atomic E-state index is 12.5. The lowest BCUT2D eigenvalue weighted by atomic mass is 10.1. The molecule has 0 aliphatic carbocycles. The molecule has 1 atom stereocenters. The topological polar surface area (TPSA) is 107 Å². The normalized spacial score (nSPS) is 15.2. The van der Waals surface area contributed by atoms with Crippen LogP contribution in [0, 0.1) is 0 Å². The number of ether oxygens (including phenoxy) is 1. The fourth-order valence-electron chi connectivity index (χ4n) is 2.57. The summed E-state index contributed by atoms with van der Waals surface area (Å²) in [6.07, 6.45) is 1.11. The Morgan fingerprint density at radius 3 is 2.20 bits per heavy atom. The van der Waals surface area contributed by atoms with Crippen LogP contribution in [-0.4, -0.2) is 56.6 Å². The van der Waals surface area contributed by atoms with Crippen LogP contribution in [0.4, 0.5) is 0 Å². The van der Waals surface area contributed by atoms with E-state index in [1.807, 2.05) is 0 Å². The van der Waals surface area contributed by atoms with Crippen LogP contribution in [0.15, 0.2) is 24.3 Å². The van der Waals surface area contributed by atoms with Crippen molar-refractivity contribution >= 4 is 27.9 Å². The van der Waals surface area contributed by atoms with Crippen LogP contribution in [0.5, 0.6) is 0 Å². The van der Waals surface area contributed by atoms with Gasteiger partial charge in [-0.05, 0) is 31.9 Å². The molecule has 0 aromatic heterocycles. The summed E-state index contributed by atoms with van der Waals surface area (Å²) in [5.41, 5.74) is 0.461. The second-order valence-corrected chi connectivity index (χ2v) is 7.11. The Kier molecular flexibility index (Phi) is 5.91. The van der Waals surface area contributed by atoms with Gasteiger partial charge in [0, 0.05) is 0 Å². The molecular formula is C16H19NO7S. The largest absolute Gasteiger partial charge is 0.464 e. The number of imide groups is 1. The lowest BCUT2D eigenvalue weighted by Crippen LogP contribution is -2.45. The molecule has 9 heteroatoms. The van der Waals surface area contributed by atoms with Crippen molar-refractivity contribution in [3.63, 3.8) is 0 Å². The number of hydrogen-bond donors (Lipinski definition) is 0. The minimum atomic E-state index is -3.60. The molecule has 0 spiro atoms. The molecule has 8 nitrogen and oxygen atoms in total. The maximum atomic E-state index is 12.5. The van der Waals surface area contributed by atoms with Crippen molar-refractivity contribution < 1.29 is 31.7 Å². The van der Waals surface area contributed by atoms with Crippen LogP contribution in [0.3, 0.4) is 0 Å². The maximum Gasteiger partial charge on any atom is 0.329 e. The molecule has 2 rings (SSSR count). The lowest BCUT2D eigenvalue weighted by molar-refractivity contribution is -0.148. The molecular weight excluding hydrogens is 350 g/mol. The highest BCUT2D eigenvalue weighted by molar-refractivity contribution is 7.85. The minimum Gasteiger partial charge on any atom is -0.464 e. The van der Waals surface area contributed by atoms with Crippen LogP contribution < -0.4 is 0 Å². The SMILES string of the molecule is CCOC(=O)[C@H](CCCOS(C)(=O)=O)N1C(=O)c2ccccc2C1=O. The zero-order valence-corrected chi connectivity index (χ0v) is 14.7. The number of carbonyl (C=O) groups excluding carboxylic acids is 3. The van der Waals surface area contributed by atoms with E-state index in [1.54, 1.807) is 19.1 Å². The third-order valence-electron chi connectivity index (χ3n) is 3.62. The van der Waals surface area contributed by atoms with Gasteiger partial charge < -0.3 is 4.74 Å². The average molecular weight is 369 g/mol. The molecule has 2 amide bonds. The summed E-state index contributed by atoms with van der Waals surface area (Å²) < 4.78 is 31.6. The first-order valence-corrected chi connectivity index (χ1v) is 9.56. The van der Waals surface area contributed by atoms with Crippen LogP contribution in [0.25, 0.3) is 0 Å². The molecule has 1 aromatic rings. The summed E-state index contributed by atoms with van der Waals surface area (Å²) in [4.78, 5) is 38.2. The van der Waals surface area contributed by atoms with Gasteiger partial charge in [0.15, 0.2) is 0 Å². The highest BCUT2D eigenvalue weighted by Gasteiger charge is 2.42. The Balaban J connectivity index is 2.17. The van der Waals surface area contributed by atoms with Gasteiger partial charge in [-0.2, -0.15) is 8.42 Å². The second kappa shape index (κ2) is 7.75. The van der Waals surface area contributed by atoms with Crippen LogP contribution in [0.1, 0.15) is 40.5 Å². The Morgan fingerprint density at radius 2 is 1.72 bits per heavy atom. The third kappa shape index (κ3) is 4.43. The number of nitrogens with zero attached hydrogens (tertiary/aromatic N) is 1. The summed E-state index contributed by atoms with van der Waals surface area (Å²) in [5.74, 6) is -1.85. The third-order valence-corrected chi connectivity index (χ3v) is 4.21. The van der Waals surface area contributed by atoms with Gasteiger partial charge in [0.2, 0.25) is 0 Å². The van der Waals surface area contributed by atoms with E-state index in [0.717, 1.165) is 11.2 Å². The van der Waals surface area contributed by atoms with E-state index >= 15 is 0 Å². The van der Waals surface area contributed by atoms with Crippen LogP contribution in [0.2, 0.25) is 0 Å². The molecule has 136 valence electrons. The van der Waals surface area contributed by atoms with Crippen molar-refractivity contribution in [2.24, 2.45) is 0 Å². The minimum absolute atomic E-state index is 0.0415. The molecule has 0 bridgehead atoms. The Hall–Kier alpha value is -2.26. The fourth-order valence-corrected chi connectivity index (χ4v) is 2.99. The Labute approximate surface area is 145 Å². The Morgan fingerprint density at radius 1 is 1.16 bits per heavy atom.